The van der Waals surface area contributed by atoms with Crippen LogP contribution in [0.3, 0.4) is 0 Å². The van der Waals surface area contributed by atoms with Crippen LogP contribution in [0.15, 0.2) is 0 Å². The predicted octanol–water partition coefficient (Wildman–Crippen LogP) is 2.23. The van der Waals surface area contributed by atoms with Gasteiger partial charge in [-0.25, -0.2) is 0 Å². The third-order valence-corrected chi connectivity index (χ3v) is 6.17. The SMILES string of the molecule is COC(=O)C12CC3C(C1)C3(C)C2(C)C. The fourth-order valence-corrected chi connectivity index (χ4v) is 4.81. The van der Waals surface area contributed by atoms with Crippen molar-refractivity contribution in [3.63, 3.8) is 0 Å². The third-order valence-electron chi connectivity index (χ3n) is 6.17. The maximum Gasteiger partial charge on any atom is 0.312 e. The van der Waals surface area contributed by atoms with Crippen LogP contribution < -0.4 is 0 Å². The average Bonchev–Trinajstić information content (AvgIpc) is 2.52. The average molecular weight is 194 g/mol. The van der Waals surface area contributed by atoms with E-state index in [-0.39, 0.29) is 16.8 Å². The van der Waals surface area contributed by atoms with Crippen LogP contribution in [0.25, 0.3) is 0 Å². The number of rotatable bonds is 1. The molecule has 0 saturated heterocycles. The van der Waals surface area contributed by atoms with Gasteiger partial charge in [0.2, 0.25) is 0 Å². The van der Waals surface area contributed by atoms with E-state index in [1.54, 1.807) is 0 Å². The Labute approximate surface area is 85.0 Å². The molecule has 2 heteroatoms. The zero-order valence-electron chi connectivity index (χ0n) is 9.39. The molecule has 0 aromatic rings. The van der Waals surface area contributed by atoms with Crippen LogP contribution in [0.5, 0.6) is 0 Å². The zero-order valence-corrected chi connectivity index (χ0v) is 9.39. The van der Waals surface area contributed by atoms with Crippen LogP contribution in [0.1, 0.15) is 33.6 Å². The Morgan fingerprint density at radius 3 is 2.00 bits per heavy atom. The van der Waals surface area contributed by atoms with Gasteiger partial charge in [0.15, 0.2) is 0 Å². The molecule has 4 aliphatic carbocycles. The second-order valence-electron chi connectivity index (χ2n) is 6.10. The van der Waals surface area contributed by atoms with Gasteiger partial charge in [-0.05, 0) is 35.5 Å². The van der Waals surface area contributed by atoms with Gasteiger partial charge in [-0.15, -0.1) is 0 Å². The molecule has 0 heterocycles. The summed E-state index contributed by atoms with van der Waals surface area (Å²) >= 11 is 0. The number of hydrogen-bond donors (Lipinski definition) is 0. The summed E-state index contributed by atoms with van der Waals surface area (Å²) in [5.41, 5.74) is 0.426. The smallest absolute Gasteiger partial charge is 0.312 e. The summed E-state index contributed by atoms with van der Waals surface area (Å²) in [4.78, 5) is 11.9. The van der Waals surface area contributed by atoms with Crippen molar-refractivity contribution in [3.8, 4) is 0 Å². The molecular formula is C12H18O2. The number of methoxy groups -OCH3 is 1. The highest BCUT2D eigenvalue weighted by atomic mass is 16.5. The number of esters is 1. The van der Waals surface area contributed by atoms with Crippen LogP contribution in [0.2, 0.25) is 0 Å². The number of ether oxygens (including phenoxy) is 1. The van der Waals surface area contributed by atoms with Crippen molar-refractivity contribution in [3.05, 3.63) is 0 Å². The molecule has 4 aliphatic rings. The molecule has 0 aliphatic heterocycles. The minimum atomic E-state index is -0.147. The topological polar surface area (TPSA) is 26.3 Å². The van der Waals surface area contributed by atoms with Crippen LogP contribution in [-0.4, -0.2) is 13.1 Å². The predicted molar refractivity (Wildman–Crippen MR) is 52.6 cm³/mol. The lowest BCUT2D eigenvalue weighted by Crippen LogP contribution is -2.40. The van der Waals surface area contributed by atoms with E-state index in [0.29, 0.717) is 5.41 Å². The maximum atomic E-state index is 11.9. The van der Waals surface area contributed by atoms with Gasteiger partial charge in [0, 0.05) is 0 Å². The fraction of sp³-hybridized carbons (Fsp3) is 0.917. The Kier molecular flexibility index (Phi) is 1.18. The van der Waals surface area contributed by atoms with Crippen molar-refractivity contribution in [1.29, 1.82) is 0 Å². The van der Waals surface area contributed by atoms with Crippen molar-refractivity contribution in [1.82, 2.24) is 0 Å². The second kappa shape index (κ2) is 1.89. The van der Waals surface area contributed by atoms with E-state index >= 15 is 0 Å². The number of carbonyl (C=O) groups is 1. The first-order valence-electron chi connectivity index (χ1n) is 5.50. The molecule has 0 aromatic heterocycles. The van der Waals surface area contributed by atoms with E-state index in [2.05, 4.69) is 20.8 Å². The molecule has 4 fully saturated rings. The van der Waals surface area contributed by atoms with E-state index in [0.717, 1.165) is 24.7 Å². The van der Waals surface area contributed by atoms with Gasteiger partial charge in [-0.2, -0.15) is 0 Å². The lowest BCUT2D eigenvalue weighted by atomic mass is 9.66. The summed E-state index contributed by atoms with van der Waals surface area (Å²) in [7, 11) is 1.52. The van der Waals surface area contributed by atoms with E-state index in [9.17, 15) is 4.79 Å². The first-order valence-corrected chi connectivity index (χ1v) is 5.50. The quantitative estimate of drug-likeness (QED) is 0.598. The third kappa shape index (κ3) is 0.514. The number of hydrogen-bond acceptors (Lipinski definition) is 2. The Bertz CT molecular complexity index is 317. The van der Waals surface area contributed by atoms with Gasteiger partial charge in [0.05, 0.1) is 12.5 Å². The summed E-state index contributed by atoms with van der Waals surface area (Å²) in [6.45, 7) is 6.88. The molecule has 2 unspecified atom stereocenters. The molecule has 14 heavy (non-hydrogen) atoms. The van der Waals surface area contributed by atoms with Gasteiger partial charge in [-0.3, -0.25) is 4.79 Å². The molecule has 0 amide bonds. The van der Waals surface area contributed by atoms with Gasteiger partial charge in [-0.1, -0.05) is 20.8 Å². The Balaban J connectivity index is 2.10. The Hall–Kier alpha value is -0.530. The van der Waals surface area contributed by atoms with Crippen LogP contribution >= 0.6 is 0 Å². The fourth-order valence-electron chi connectivity index (χ4n) is 4.81. The molecular weight excluding hydrogens is 176 g/mol. The molecule has 0 aromatic carbocycles. The summed E-state index contributed by atoms with van der Waals surface area (Å²) in [6.07, 6.45) is 2.15. The molecule has 4 bridgehead atoms. The summed E-state index contributed by atoms with van der Waals surface area (Å²) in [5, 5.41) is 0. The molecule has 2 nitrogen and oxygen atoms in total. The summed E-state index contributed by atoms with van der Waals surface area (Å²) < 4.78 is 5.01. The van der Waals surface area contributed by atoms with Crippen LogP contribution in [0, 0.1) is 28.1 Å². The normalized spacial score (nSPS) is 56.0. The highest BCUT2D eigenvalue weighted by Gasteiger charge is 2.87. The molecule has 4 saturated carbocycles. The van der Waals surface area contributed by atoms with Gasteiger partial charge in [0.1, 0.15) is 0 Å². The van der Waals surface area contributed by atoms with Crippen LogP contribution in [0.4, 0.5) is 0 Å². The highest BCUT2D eigenvalue weighted by Crippen LogP contribution is 2.90. The first kappa shape index (κ1) is 8.75. The van der Waals surface area contributed by atoms with Crippen molar-refractivity contribution >= 4 is 5.97 Å². The van der Waals surface area contributed by atoms with E-state index in [4.69, 9.17) is 4.74 Å². The second-order valence-corrected chi connectivity index (χ2v) is 6.10. The van der Waals surface area contributed by atoms with Crippen molar-refractivity contribution in [2.24, 2.45) is 28.1 Å². The molecule has 0 N–H and O–H groups in total. The van der Waals surface area contributed by atoms with Gasteiger partial charge >= 0.3 is 5.97 Å². The van der Waals surface area contributed by atoms with E-state index < -0.39 is 0 Å². The summed E-state index contributed by atoms with van der Waals surface area (Å²) in [6, 6.07) is 0. The van der Waals surface area contributed by atoms with Crippen LogP contribution in [-0.2, 0) is 9.53 Å². The van der Waals surface area contributed by atoms with Crippen molar-refractivity contribution < 1.29 is 9.53 Å². The molecule has 78 valence electrons. The summed E-state index contributed by atoms with van der Waals surface area (Å²) in [5.74, 6) is 1.64. The first-order chi connectivity index (χ1) is 6.42. The largest absolute Gasteiger partial charge is 0.469 e. The zero-order chi connectivity index (χ0) is 10.4. The number of carbonyl (C=O) groups excluding carboxylic acids is 1. The lowest BCUT2D eigenvalue weighted by molar-refractivity contribution is -0.158. The van der Waals surface area contributed by atoms with E-state index in [1.165, 1.54) is 7.11 Å². The van der Waals surface area contributed by atoms with Crippen molar-refractivity contribution in [2.75, 3.05) is 7.11 Å². The molecule has 0 radical (unpaired) electrons. The molecule has 0 spiro atoms. The van der Waals surface area contributed by atoms with Crippen molar-refractivity contribution in [2.45, 2.75) is 33.6 Å². The standard InChI is InChI=1S/C12H18O2/c1-10(2)11(3)7-5-12(10,6-8(7)11)9(13)14-4/h7-8H,5-6H2,1-4H3. The monoisotopic (exact) mass is 194 g/mol. The van der Waals surface area contributed by atoms with Gasteiger partial charge < -0.3 is 4.74 Å². The minimum Gasteiger partial charge on any atom is -0.469 e. The Morgan fingerprint density at radius 2 is 1.71 bits per heavy atom. The lowest BCUT2D eigenvalue weighted by Gasteiger charge is -2.37. The highest BCUT2D eigenvalue weighted by molar-refractivity contribution is 5.81. The van der Waals surface area contributed by atoms with Gasteiger partial charge in [0.25, 0.3) is 0 Å². The van der Waals surface area contributed by atoms with E-state index in [1.807, 2.05) is 0 Å². The minimum absolute atomic E-state index is 0.0382. The Morgan fingerprint density at radius 1 is 1.21 bits per heavy atom. The molecule has 2 atom stereocenters. The maximum absolute atomic E-state index is 11.9. The molecule has 4 rings (SSSR count).